The first-order valence-electron chi connectivity index (χ1n) is 8.57. The number of nitrogens with one attached hydrogen (secondary N) is 1. The van der Waals surface area contributed by atoms with Crippen LogP contribution in [0.15, 0.2) is 48.5 Å². The Balaban J connectivity index is 1.56. The van der Waals surface area contributed by atoms with Crippen molar-refractivity contribution in [2.45, 2.75) is 6.54 Å². The lowest BCUT2D eigenvalue weighted by Crippen LogP contribution is -2.34. The Morgan fingerprint density at radius 3 is 2.65 bits per heavy atom. The predicted octanol–water partition coefficient (Wildman–Crippen LogP) is 2.22. The summed E-state index contributed by atoms with van der Waals surface area (Å²) in [5.74, 6) is 0.296. The van der Waals surface area contributed by atoms with Gasteiger partial charge in [0.2, 0.25) is 0 Å². The Bertz CT molecular complexity index is 792. The highest BCUT2D eigenvalue weighted by Crippen LogP contribution is 2.28. The number of hydrogen-bond donors (Lipinski definition) is 1. The van der Waals surface area contributed by atoms with E-state index in [-0.39, 0.29) is 18.4 Å². The molecule has 26 heavy (non-hydrogen) atoms. The van der Waals surface area contributed by atoms with E-state index in [4.69, 9.17) is 4.74 Å². The average Bonchev–Trinajstić information content (AvgIpc) is 2.65. The highest BCUT2D eigenvalue weighted by Gasteiger charge is 2.19. The first-order valence-corrected chi connectivity index (χ1v) is 8.57. The number of ether oxygens (including phenoxy) is 1. The molecular weight excluding hydrogens is 330 g/mol. The molecule has 6 heteroatoms. The molecule has 0 saturated carbocycles. The number of carbonyl (C=O) groups is 2. The van der Waals surface area contributed by atoms with Crippen molar-refractivity contribution in [3.05, 3.63) is 59.7 Å². The Morgan fingerprint density at radius 2 is 1.88 bits per heavy atom. The molecule has 0 atom stereocenters. The average molecular weight is 353 g/mol. The van der Waals surface area contributed by atoms with Gasteiger partial charge < -0.3 is 19.9 Å². The summed E-state index contributed by atoms with van der Waals surface area (Å²) in [6.07, 6.45) is 0. The summed E-state index contributed by atoms with van der Waals surface area (Å²) in [4.78, 5) is 27.9. The molecule has 136 valence electrons. The standard InChI is InChI=1S/C20H23N3O3/c1-22(13-15-6-4-3-5-7-15)10-11-23(2)20(25)16-8-9-18-17(12-16)21-19(24)14-26-18/h3-9,12H,10-11,13-14H2,1-2H3,(H,21,24). The fourth-order valence-electron chi connectivity index (χ4n) is 2.83. The lowest BCUT2D eigenvalue weighted by molar-refractivity contribution is -0.118. The molecule has 1 aliphatic rings. The van der Waals surface area contributed by atoms with Crippen LogP contribution in [0.2, 0.25) is 0 Å². The van der Waals surface area contributed by atoms with Crippen molar-refractivity contribution in [3.63, 3.8) is 0 Å². The minimum absolute atomic E-state index is 0.00788. The van der Waals surface area contributed by atoms with E-state index >= 15 is 0 Å². The minimum atomic E-state index is -0.210. The number of fused-ring (bicyclic) bond motifs is 1. The van der Waals surface area contributed by atoms with Gasteiger partial charge in [0.25, 0.3) is 11.8 Å². The third-order valence-electron chi connectivity index (χ3n) is 4.32. The van der Waals surface area contributed by atoms with Crippen LogP contribution >= 0.6 is 0 Å². The molecule has 1 heterocycles. The van der Waals surface area contributed by atoms with E-state index in [0.29, 0.717) is 23.5 Å². The van der Waals surface area contributed by atoms with E-state index < -0.39 is 0 Å². The number of hydrogen-bond acceptors (Lipinski definition) is 4. The fraction of sp³-hybridized carbons (Fsp3) is 0.300. The van der Waals surface area contributed by atoms with Crippen LogP contribution in [-0.4, -0.2) is 55.4 Å². The van der Waals surface area contributed by atoms with Crippen LogP contribution in [-0.2, 0) is 11.3 Å². The molecule has 0 aliphatic carbocycles. The Kier molecular flexibility index (Phi) is 5.53. The fourth-order valence-corrected chi connectivity index (χ4v) is 2.83. The monoisotopic (exact) mass is 353 g/mol. The molecule has 1 N–H and O–H groups in total. The quantitative estimate of drug-likeness (QED) is 0.865. The molecule has 0 radical (unpaired) electrons. The van der Waals surface area contributed by atoms with Crippen LogP contribution in [0, 0.1) is 0 Å². The van der Waals surface area contributed by atoms with Crippen LogP contribution in [0.1, 0.15) is 15.9 Å². The Labute approximate surface area is 153 Å². The molecule has 0 spiro atoms. The van der Waals surface area contributed by atoms with Gasteiger partial charge in [0.1, 0.15) is 5.75 Å². The third kappa shape index (κ3) is 4.40. The molecule has 1 aliphatic heterocycles. The van der Waals surface area contributed by atoms with Crippen LogP contribution in [0.5, 0.6) is 5.75 Å². The van der Waals surface area contributed by atoms with Crippen molar-refractivity contribution < 1.29 is 14.3 Å². The number of likely N-dealkylation sites (N-methyl/N-ethyl adjacent to an activating group) is 2. The van der Waals surface area contributed by atoms with Gasteiger partial charge in [-0.15, -0.1) is 0 Å². The van der Waals surface area contributed by atoms with Crippen molar-refractivity contribution in [1.82, 2.24) is 9.80 Å². The second-order valence-electron chi connectivity index (χ2n) is 6.50. The summed E-state index contributed by atoms with van der Waals surface area (Å²) >= 11 is 0. The van der Waals surface area contributed by atoms with Gasteiger partial charge in [-0.1, -0.05) is 30.3 Å². The number of nitrogens with zero attached hydrogens (tertiary/aromatic N) is 2. The van der Waals surface area contributed by atoms with Crippen molar-refractivity contribution in [1.29, 1.82) is 0 Å². The highest BCUT2D eigenvalue weighted by molar-refractivity contribution is 5.99. The van der Waals surface area contributed by atoms with Crippen molar-refractivity contribution in [2.24, 2.45) is 0 Å². The van der Waals surface area contributed by atoms with Crippen molar-refractivity contribution in [3.8, 4) is 5.75 Å². The molecular formula is C20H23N3O3. The first-order chi connectivity index (χ1) is 12.5. The Hall–Kier alpha value is -2.86. The van der Waals surface area contributed by atoms with E-state index in [2.05, 4.69) is 22.3 Å². The molecule has 0 aromatic heterocycles. The smallest absolute Gasteiger partial charge is 0.262 e. The number of rotatable bonds is 6. The highest BCUT2D eigenvalue weighted by atomic mass is 16.5. The molecule has 2 aromatic rings. The molecule has 0 fully saturated rings. The number of benzene rings is 2. The largest absolute Gasteiger partial charge is 0.482 e. The zero-order valence-corrected chi connectivity index (χ0v) is 15.1. The van der Waals surface area contributed by atoms with Gasteiger partial charge in [-0.25, -0.2) is 0 Å². The normalized spacial score (nSPS) is 13.0. The van der Waals surface area contributed by atoms with Gasteiger partial charge >= 0.3 is 0 Å². The second-order valence-corrected chi connectivity index (χ2v) is 6.50. The number of carbonyl (C=O) groups excluding carboxylic acids is 2. The third-order valence-corrected chi connectivity index (χ3v) is 4.32. The van der Waals surface area contributed by atoms with E-state index in [1.165, 1.54) is 5.56 Å². The summed E-state index contributed by atoms with van der Waals surface area (Å²) < 4.78 is 5.32. The molecule has 2 aromatic carbocycles. The van der Waals surface area contributed by atoms with Gasteiger partial charge in [-0.2, -0.15) is 0 Å². The van der Waals surface area contributed by atoms with Crippen molar-refractivity contribution in [2.75, 3.05) is 39.1 Å². The second kappa shape index (κ2) is 8.01. The van der Waals surface area contributed by atoms with E-state index in [1.54, 1.807) is 30.1 Å². The maximum atomic E-state index is 12.6. The molecule has 6 nitrogen and oxygen atoms in total. The zero-order valence-electron chi connectivity index (χ0n) is 15.1. The number of amides is 2. The number of anilines is 1. The van der Waals surface area contributed by atoms with Crippen LogP contribution in [0.4, 0.5) is 5.69 Å². The van der Waals surface area contributed by atoms with E-state index in [0.717, 1.165) is 13.1 Å². The van der Waals surface area contributed by atoms with Gasteiger partial charge in [0.05, 0.1) is 5.69 Å². The van der Waals surface area contributed by atoms with Gasteiger partial charge in [-0.3, -0.25) is 9.59 Å². The Morgan fingerprint density at radius 1 is 1.12 bits per heavy atom. The predicted molar refractivity (Wildman–Crippen MR) is 100 cm³/mol. The maximum absolute atomic E-state index is 12.6. The molecule has 0 bridgehead atoms. The summed E-state index contributed by atoms with van der Waals surface area (Å²) in [5, 5.41) is 2.73. The SMILES string of the molecule is CN(CCN(C)C(=O)c1ccc2c(c1)NC(=O)CO2)Cc1ccccc1. The lowest BCUT2D eigenvalue weighted by atomic mass is 10.1. The van der Waals surface area contributed by atoms with E-state index in [9.17, 15) is 9.59 Å². The van der Waals surface area contributed by atoms with Crippen molar-refractivity contribution >= 4 is 17.5 Å². The van der Waals surface area contributed by atoms with Gasteiger partial charge in [0, 0.05) is 32.2 Å². The lowest BCUT2D eigenvalue weighted by Gasteiger charge is -2.23. The van der Waals surface area contributed by atoms with Gasteiger partial charge in [0.15, 0.2) is 6.61 Å². The van der Waals surface area contributed by atoms with E-state index in [1.807, 2.05) is 25.2 Å². The summed E-state index contributed by atoms with van der Waals surface area (Å²) in [7, 11) is 3.82. The summed E-state index contributed by atoms with van der Waals surface area (Å²) in [6, 6.07) is 15.3. The van der Waals surface area contributed by atoms with Crippen LogP contribution in [0.3, 0.4) is 0 Å². The summed E-state index contributed by atoms with van der Waals surface area (Å²) in [6.45, 7) is 2.23. The zero-order chi connectivity index (χ0) is 18.5. The first kappa shape index (κ1) is 17.9. The molecule has 0 unspecified atom stereocenters. The van der Waals surface area contributed by atoms with Crippen LogP contribution < -0.4 is 10.1 Å². The minimum Gasteiger partial charge on any atom is -0.482 e. The van der Waals surface area contributed by atoms with Crippen LogP contribution in [0.25, 0.3) is 0 Å². The summed E-state index contributed by atoms with van der Waals surface area (Å²) in [5.41, 5.74) is 2.32. The topological polar surface area (TPSA) is 61.9 Å². The maximum Gasteiger partial charge on any atom is 0.262 e. The molecule has 3 rings (SSSR count). The van der Waals surface area contributed by atoms with Gasteiger partial charge in [-0.05, 0) is 30.8 Å². The molecule has 0 saturated heterocycles. The molecule has 2 amide bonds.